The third-order valence-electron chi connectivity index (χ3n) is 2.04. The zero-order valence-corrected chi connectivity index (χ0v) is 8.95. The average Bonchev–Trinajstić information content (AvgIpc) is 2.55. The summed E-state index contributed by atoms with van der Waals surface area (Å²) in [5, 5.41) is 10.6. The number of phenolic OH excluding ortho intramolecular Hbond substituents is 1. The van der Waals surface area contributed by atoms with Crippen molar-refractivity contribution < 1.29 is 5.11 Å². The summed E-state index contributed by atoms with van der Waals surface area (Å²) in [7, 11) is 0. The molecule has 1 nitrogen and oxygen atoms in total. The fraction of sp³-hybridized carbons (Fsp3) is 0.200. The molecule has 0 aliphatic heterocycles. The fourth-order valence-electron chi connectivity index (χ4n) is 1.31. The van der Waals surface area contributed by atoms with E-state index >= 15 is 0 Å². The van der Waals surface area contributed by atoms with Crippen LogP contribution in [-0.2, 0) is 6.42 Å². The lowest BCUT2D eigenvalue weighted by Crippen LogP contribution is -1.68. The Bertz CT molecular complexity index is 445. The molecule has 68 valence electrons. The molecule has 0 saturated carbocycles. The van der Waals surface area contributed by atoms with Gasteiger partial charge in [-0.25, -0.2) is 0 Å². The van der Waals surface area contributed by atoms with E-state index in [0.717, 1.165) is 11.1 Å². The summed E-state index contributed by atoms with van der Waals surface area (Å²) in [6.45, 7) is 2.13. The molecule has 0 amide bonds. The lowest BCUT2D eigenvalue weighted by atomic mass is 10.2. The maximum Gasteiger partial charge on any atom is 0.130 e. The van der Waals surface area contributed by atoms with E-state index in [0.29, 0.717) is 4.90 Å². The Morgan fingerprint density at radius 3 is 2.92 bits per heavy atom. The SMILES string of the molecule is CCc1cc2ccc(O)c(S)c2s1. The van der Waals surface area contributed by atoms with E-state index in [1.54, 1.807) is 17.4 Å². The zero-order valence-electron chi connectivity index (χ0n) is 7.24. The second-order valence-electron chi connectivity index (χ2n) is 2.92. The highest BCUT2D eigenvalue weighted by Gasteiger charge is 2.06. The molecule has 1 N–H and O–H groups in total. The van der Waals surface area contributed by atoms with Gasteiger partial charge in [-0.3, -0.25) is 0 Å². The zero-order chi connectivity index (χ0) is 9.42. The van der Waals surface area contributed by atoms with Gasteiger partial charge in [-0.05, 0) is 30.0 Å². The van der Waals surface area contributed by atoms with Crippen molar-refractivity contribution in [3.63, 3.8) is 0 Å². The topological polar surface area (TPSA) is 20.2 Å². The summed E-state index contributed by atoms with van der Waals surface area (Å²) in [5.41, 5.74) is 0. The van der Waals surface area contributed by atoms with Crippen molar-refractivity contribution in [1.82, 2.24) is 0 Å². The van der Waals surface area contributed by atoms with Gasteiger partial charge in [0.2, 0.25) is 0 Å². The number of rotatable bonds is 1. The van der Waals surface area contributed by atoms with E-state index in [1.165, 1.54) is 10.3 Å². The molecule has 0 fully saturated rings. The van der Waals surface area contributed by atoms with Crippen LogP contribution in [0.25, 0.3) is 10.1 Å². The van der Waals surface area contributed by atoms with Gasteiger partial charge in [0.15, 0.2) is 0 Å². The van der Waals surface area contributed by atoms with Crippen molar-refractivity contribution in [2.24, 2.45) is 0 Å². The first kappa shape index (κ1) is 8.91. The number of benzene rings is 1. The first-order valence-corrected chi connectivity index (χ1v) is 5.42. The summed E-state index contributed by atoms with van der Waals surface area (Å²) in [6, 6.07) is 5.77. The van der Waals surface area contributed by atoms with E-state index in [1.807, 2.05) is 6.07 Å². The predicted octanol–water partition coefficient (Wildman–Crippen LogP) is 3.46. The van der Waals surface area contributed by atoms with Crippen LogP contribution in [0.3, 0.4) is 0 Å². The minimum Gasteiger partial charge on any atom is -0.507 e. The van der Waals surface area contributed by atoms with Crippen LogP contribution >= 0.6 is 24.0 Å². The molecule has 0 atom stereocenters. The molecule has 1 heterocycles. The highest BCUT2D eigenvalue weighted by molar-refractivity contribution is 7.81. The molecule has 0 bridgehead atoms. The molecular weight excluding hydrogens is 200 g/mol. The molecule has 13 heavy (non-hydrogen) atoms. The highest BCUT2D eigenvalue weighted by Crippen LogP contribution is 2.36. The van der Waals surface area contributed by atoms with Gasteiger partial charge in [0.25, 0.3) is 0 Å². The number of thiophene rings is 1. The summed E-state index contributed by atoms with van der Waals surface area (Å²) in [5.74, 6) is 0.264. The van der Waals surface area contributed by atoms with Crippen molar-refractivity contribution >= 4 is 34.1 Å². The van der Waals surface area contributed by atoms with Crippen LogP contribution in [-0.4, -0.2) is 5.11 Å². The number of phenols is 1. The maximum absolute atomic E-state index is 9.43. The molecule has 0 aliphatic carbocycles. The molecular formula is C10H10OS2. The van der Waals surface area contributed by atoms with Gasteiger partial charge >= 0.3 is 0 Å². The average molecular weight is 210 g/mol. The third kappa shape index (κ3) is 1.42. The van der Waals surface area contributed by atoms with Crippen LogP contribution in [0.4, 0.5) is 0 Å². The van der Waals surface area contributed by atoms with Gasteiger partial charge in [0.1, 0.15) is 5.75 Å². The smallest absolute Gasteiger partial charge is 0.130 e. The Morgan fingerprint density at radius 1 is 1.46 bits per heavy atom. The Labute approximate surface area is 86.4 Å². The molecule has 1 aromatic heterocycles. The standard InChI is InChI=1S/C10H10OS2/c1-2-7-5-6-3-4-8(11)9(12)10(6)13-7/h3-5,11-12H,2H2,1H3. The van der Waals surface area contributed by atoms with Crippen molar-refractivity contribution in [3.8, 4) is 5.75 Å². The maximum atomic E-state index is 9.43. The minimum absolute atomic E-state index is 0.264. The molecule has 0 spiro atoms. The second-order valence-corrected chi connectivity index (χ2v) is 4.50. The predicted molar refractivity (Wildman–Crippen MR) is 60.1 cm³/mol. The quantitative estimate of drug-likeness (QED) is 0.691. The minimum atomic E-state index is 0.264. The first-order chi connectivity index (χ1) is 6.22. The van der Waals surface area contributed by atoms with Crippen molar-refractivity contribution in [2.45, 2.75) is 18.2 Å². The van der Waals surface area contributed by atoms with Gasteiger partial charge in [-0.1, -0.05) is 6.92 Å². The molecule has 1 aromatic carbocycles. The van der Waals surface area contributed by atoms with Crippen LogP contribution in [0.5, 0.6) is 5.75 Å². The number of thiol groups is 1. The van der Waals surface area contributed by atoms with Gasteiger partial charge in [-0.2, -0.15) is 0 Å². The first-order valence-electron chi connectivity index (χ1n) is 4.15. The van der Waals surface area contributed by atoms with Crippen LogP contribution < -0.4 is 0 Å². The van der Waals surface area contributed by atoms with Crippen LogP contribution in [0.2, 0.25) is 0 Å². The molecule has 2 rings (SSSR count). The fourth-order valence-corrected chi connectivity index (χ4v) is 2.68. The Kier molecular flexibility index (Phi) is 2.22. The summed E-state index contributed by atoms with van der Waals surface area (Å²) in [4.78, 5) is 2.03. The third-order valence-corrected chi connectivity index (χ3v) is 3.96. The molecule has 2 aromatic rings. The highest BCUT2D eigenvalue weighted by atomic mass is 32.1. The number of aromatic hydroxyl groups is 1. The van der Waals surface area contributed by atoms with Crippen molar-refractivity contribution in [2.75, 3.05) is 0 Å². The van der Waals surface area contributed by atoms with E-state index in [2.05, 4.69) is 25.6 Å². The van der Waals surface area contributed by atoms with Crippen molar-refractivity contribution in [1.29, 1.82) is 0 Å². The number of aryl methyl sites for hydroxylation is 1. The van der Waals surface area contributed by atoms with E-state index in [-0.39, 0.29) is 5.75 Å². The van der Waals surface area contributed by atoms with Gasteiger partial charge in [0, 0.05) is 4.88 Å². The largest absolute Gasteiger partial charge is 0.507 e. The summed E-state index contributed by atoms with van der Waals surface area (Å²) >= 11 is 5.98. The summed E-state index contributed by atoms with van der Waals surface area (Å²) < 4.78 is 1.08. The van der Waals surface area contributed by atoms with Gasteiger partial charge in [-0.15, -0.1) is 24.0 Å². The van der Waals surface area contributed by atoms with Crippen LogP contribution in [0, 0.1) is 0 Å². The molecule has 0 radical (unpaired) electrons. The Morgan fingerprint density at radius 2 is 2.23 bits per heavy atom. The lowest BCUT2D eigenvalue weighted by Gasteiger charge is -1.96. The van der Waals surface area contributed by atoms with Gasteiger partial charge in [0.05, 0.1) is 9.60 Å². The number of hydrogen-bond acceptors (Lipinski definition) is 3. The van der Waals surface area contributed by atoms with Crippen molar-refractivity contribution in [3.05, 3.63) is 23.1 Å². The molecule has 0 unspecified atom stereocenters. The monoisotopic (exact) mass is 210 g/mol. The van der Waals surface area contributed by atoms with E-state index in [4.69, 9.17) is 0 Å². The van der Waals surface area contributed by atoms with E-state index in [9.17, 15) is 5.11 Å². The lowest BCUT2D eigenvalue weighted by molar-refractivity contribution is 0.464. The van der Waals surface area contributed by atoms with Gasteiger partial charge < -0.3 is 5.11 Å². The van der Waals surface area contributed by atoms with E-state index < -0.39 is 0 Å². The number of fused-ring (bicyclic) bond motifs is 1. The summed E-state index contributed by atoms with van der Waals surface area (Å²) in [6.07, 6.45) is 1.04. The molecule has 3 heteroatoms. The molecule has 0 saturated heterocycles. The Balaban J connectivity index is 2.76. The molecule has 0 aliphatic rings. The number of hydrogen-bond donors (Lipinski definition) is 2. The van der Waals surface area contributed by atoms with Crippen LogP contribution in [0.1, 0.15) is 11.8 Å². The second kappa shape index (κ2) is 3.24. The van der Waals surface area contributed by atoms with Crippen LogP contribution in [0.15, 0.2) is 23.1 Å². The Hall–Kier alpha value is -0.670. The normalized spacial score (nSPS) is 10.9.